The van der Waals surface area contributed by atoms with Crippen LogP contribution in [0.15, 0.2) is 36.4 Å². The van der Waals surface area contributed by atoms with E-state index in [1.807, 2.05) is 0 Å². The first-order valence-electron chi connectivity index (χ1n) is 10.7. The Morgan fingerprint density at radius 1 is 1.08 bits per heavy atom. The number of amidine groups is 1. The standard InChI is InChI=1S/C21H26FN3O5.C2HF3O2/c1-3-28-17-11-15(16(22)12-18(17)30-10-9-26)19(21(27)29-4-2)25-14-7-5-13(6-8-14)20(23)24;3-2(4,5)1(6)7/h5-8,11-12,19,25-26H,3-4,9-10H2,1-2H3,(H3,23,24);(H,6,7)/t19-;/m1./s1. The van der Waals surface area contributed by atoms with Crippen LogP contribution in [0, 0.1) is 11.2 Å². The van der Waals surface area contributed by atoms with E-state index in [0.717, 1.165) is 6.07 Å². The smallest absolute Gasteiger partial charge is 0.490 e. The lowest BCUT2D eigenvalue weighted by atomic mass is 10.0. The van der Waals surface area contributed by atoms with Crippen molar-refractivity contribution in [3.63, 3.8) is 0 Å². The molecule has 0 heterocycles. The summed E-state index contributed by atoms with van der Waals surface area (Å²) in [5.41, 5.74) is 6.50. The first-order chi connectivity index (χ1) is 17.3. The lowest BCUT2D eigenvalue weighted by Crippen LogP contribution is -2.24. The summed E-state index contributed by atoms with van der Waals surface area (Å²) in [7, 11) is 0. The van der Waals surface area contributed by atoms with Gasteiger partial charge in [-0.1, -0.05) is 0 Å². The number of hydrogen-bond donors (Lipinski definition) is 5. The molecule has 37 heavy (non-hydrogen) atoms. The lowest BCUT2D eigenvalue weighted by Gasteiger charge is -2.21. The fourth-order valence-corrected chi connectivity index (χ4v) is 2.71. The van der Waals surface area contributed by atoms with Gasteiger partial charge in [0.25, 0.3) is 0 Å². The first-order valence-corrected chi connectivity index (χ1v) is 10.7. The number of rotatable bonds is 11. The first kappa shape index (κ1) is 31.0. The number of esters is 1. The topological polar surface area (TPSA) is 164 Å². The van der Waals surface area contributed by atoms with Gasteiger partial charge in [-0.25, -0.2) is 14.0 Å². The van der Waals surface area contributed by atoms with Crippen molar-refractivity contribution in [2.24, 2.45) is 5.73 Å². The number of carbonyl (C=O) groups is 2. The van der Waals surface area contributed by atoms with E-state index < -0.39 is 30.0 Å². The number of carboxylic acids is 1. The highest BCUT2D eigenvalue weighted by Crippen LogP contribution is 2.35. The maximum absolute atomic E-state index is 14.9. The molecule has 2 aromatic carbocycles. The number of ether oxygens (including phenoxy) is 3. The van der Waals surface area contributed by atoms with Crippen LogP contribution in [0.5, 0.6) is 11.5 Å². The fraction of sp³-hybridized carbons (Fsp3) is 0.348. The molecule has 0 aliphatic rings. The molecule has 0 fully saturated rings. The van der Waals surface area contributed by atoms with E-state index in [-0.39, 0.29) is 42.7 Å². The number of carbonyl (C=O) groups excluding carboxylic acids is 1. The van der Waals surface area contributed by atoms with Crippen molar-refractivity contribution in [1.29, 1.82) is 5.41 Å². The monoisotopic (exact) mass is 533 g/mol. The number of alkyl halides is 3. The summed E-state index contributed by atoms with van der Waals surface area (Å²) < 4.78 is 62.6. The van der Waals surface area contributed by atoms with Gasteiger partial charge in [0.05, 0.1) is 19.8 Å². The van der Waals surface area contributed by atoms with Gasteiger partial charge in [-0.2, -0.15) is 13.2 Å². The minimum Gasteiger partial charge on any atom is -0.490 e. The third-order valence-electron chi connectivity index (χ3n) is 4.29. The maximum Gasteiger partial charge on any atom is 0.490 e. The zero-order valence-corrected chi connectivity index (χ0v) is 19.9. The summed E-state index contributed by atoms with van der Waals surface area (Å²) in [6, 6.07) is 7.82. The average molecular weight is 533 g/mol. The molecule has 0 saturated heterocycles. The summed E-state index contributed by atoms with van der Waals surface area (Å²) in [6.45, 7) is 3.57. The molecule has 0 aromatic heterocycles. The van der Waals surface area contributed by atoms with Gasteiger partial charge in [0.2, 0.25) is 0 Å². The zero-order chi connectivity index (χ0) is 28.2. The molecular weight excluding hydrogens is 506 g/mol. The minimum absolute atomic E-state index is 0.0175. The fourth-order valence-electron chi connectivity index (χ4n) is 2.71. The molecule has 0 aliphatic heterocycles. The van der Waals surface area contributed by atoms with Crippen molar-refractivity contribution in [3.8, 4) is 11.5 Å². The number of aliphatic hydroxyl groups excluding tert-OH is 1. The molecule has 0 bridgehead atoms. The van der Waals surface area contributed by atoms with E-state index >= 15 is 0 Å². The number of nitrogens with two attached hydrogens (primary N) is 1. The third-order valence-corrected chi connectivity index (χ3v) is 4.29. The second-order valence-electron chi connectivity index (χ2n) is 6.95. The average Bonchev–Trinajstić information content (AvgIpc) is 2.83. The van der Waals surface area contributed by atoms with Crippen molar-refractivity contribution >= 4 is 23.5 Å². The Morgan fingerprint density at radius 3 is 2.11 bits per heavy atom. The minimum atomic E-state index is -5.08. The van der Waals surface area contributed by atoms with E-state index in [9.17, 15) is 22.4 Å². The Morgan fingerprint density at radius 2 is 1.65 bits per heavy atom. The molecule has 10 nitrogen and oxygen atoms in total. The van der Waals surface area contributed by atoms with Crippen molar-refractivity contribution in [1.82, 2.24) is 0 Å². The van der Waals surface area contributed by atoms with Gasteiger partial charge >= 0.3 is 18.1 Å². The molecule has 204 valence electrons. The number of aliphatic hydroxyl groups is 1. The summed E-state index contributed by atoms with van der Waals surface area (Å²) in [5.74, 6) is -3.84. The van der Waals surface area contributed by atoms with Crippen LogP contribution in [-0.2, 0) is 14.3 Å². The number of halogens is 4. The van der Waals surface area contributed by atoms with Gasteiger partial charge in [0.1, 0.15) is 18.3 Å². The Kier molecular flexibility index (Phi) is 12.1. The third kappa shape index (κ3) is 9.83. The summed E-state index contributed by atoms with van der Waals surface area (Å²) in [6.07, 6.45) is -5.08. The zero-order valence-electron chi connectivity index (χ0n) is 19.9. The van der Waals surface area contributed by atoms with Crippen LogP contribution in [-0.4, -0.2) is 60.6 Å². The van der Waals surface area contributed by atoms with Gasteiger partial charge in [0.15, 0.2) is 17.5 Å². The highest BCUT2D eigenvalue weighted by atomic mass is 19.4. The van der Waals surface area contributed by atoms with Crippen LogP contribution in [0.3, 0.4) is 0 Å². The highest BCUT2D eigenvalue weighted by Gasteiger charge is 2.38. The molecule has 0 saturated carbocycles. The quantitative estimate of drug-likeness (QED) is 0.126. The van der Waals surface area contributed by atoms with Crippen LogP contribution >= 0.6 is 0 Å². The highest BCUT2D eigenvalue weighted by molar-refractivity contribution is 5.95. The molecule has 0 spiro atoms. The van der Waals surface area contributed by atoms with Gasteiger partial charge in [-0.05, 0) is 44.2 Å². The van der Waals surface area contributed by atoms with Crippen molar-refractivity contribution in [2.75, 3.05) is 31.7 Å². The Balaban J connectivity index is 0.000000856. The number of anilines is 1. The van der Waals surface area contributed by atoms with Crippen molar-refractivity contribution < 1.29 is 51.6 Å². The van der Waals surface area contributed by atoms with Crippen molar-refractivity contribution in [3.05, 3.63) is 53.3 Å². The van der Waals surface area contributed by atoms with Gasteiger partial charge in [0, 0.05) is 22.9 Å². The van der Waals surface area contributed by atoms with Crippen LogP contribution in [0.1, 0.15) is 31.0 Å². The molecule has 0 unspecified atom stereocenters. The van der Waals surface area contributed by atoms with Crippen LogP contribution in [0.2, 0.25) is 0 Å². The predicted octanol–water partition coefficient (Wildman–Crippen LogP) is 3.23. The molecule has 1 atom stereocenters. The molecule has 14 heteroatoms. The summed E-state index contributed by atoms with van der Waals surface area (Å²) in [4.78, 5) is 21.5. The van der Waals surface area contributed by atoms with Crippen LogP contribution < -0.4 is 20.5 Å². The Bertz CT molecular complexity index is 1060. The SMILES string of the molecule is CCOC(=O)[C@H](Nc1ccc(C(=N)N)cc1)c1cc(OCC)c(OCCO)cc1F.O=C(O)C(F)(F)F. The van der Waals surface area contributed by atoms with E-state index in [4.69, 9.17) is 40.4 Å². The van der Waals surface area contributed by atoms with E-state index in [0.29, 0.717) is 17.9 Å². The van der Waals surface area contributed by atoms with E-state index in [1.165, 1.54) is 6.07 Å². The van der Waals surface area contributed by atoms with Gasteiger partial charge in [-0.15, -0.1) is 0 Å². The molecular formula is C23H27F4N3O7. The number of aliphatic carboxylic acids is 1. The summed E-state index contributed by atoms with van der Waals surface area (Å²) >= 11 is 0. The molecule has 0 amide bonds. The second kappa shape index (κ2) is 14.5. The molecule has 0 aliphatic carbocycles. The molecule has 2 aromatic rings. The Hall–Kier alpha value is -4.07. The largest absolute Gasteiger partial charge is 0.490 e. The number of benzene rings is 2. The number of hydrogen-bond acceptors (Lipinski definition) is 8. The lowest BCUT2D eigenvalue weighted by molar-refractivity contribution is -0.192. The van der Waals surface area contributed by atoms with Crippen LogP contribution in [0.4, 0.5) is 23.2 Å². The number of nitrogen functional groups attached to an aromatic ring is 1. The van der Waals surface area contributed by atoms with Crippen LogP contribution in [0.25, 0.3) is 0 Å². The van der Waals surface area contributed by atoms with Crippen molar-refractivity contribution in [2.45, 2.75) is 26.1 Å². The molecule has 0 radical (unpaired) electrons. The van der Waals surface area contributed by atoms with E-state index in [2.05, 4.69) is 5.32 Å². The van der Waals surface area contributed by atoms with Gasteiger partial charge in [-0.3, -0.25) is 5.41 Å². The van der Waals surface area contributed by atoms with Gasteiger partial charge < -0.3 is 35.5 Å². The molecule has 6 N–H and O–H groups in total. The summed E-state index contributed by atoms with van der Waals surface area (Å²) in [5, 5.41) is 26.5. The second-order valence-corrected chi connectivity index (χ2v) is 6.95. The maximum atomic E-state index is 14.9. The normalized spacial score (nSPS) is 11.4. The number of nitrogens with one attached hydrogen (secondary N) is 2. The number of carboxylic acid groups (broad SMARTS) is 1. The predicted molar refractivity (Wildman–Crippen MR) is 124 cm³/mol. The van der Waals surface area contributed by atoms with E-state index in [1.54, 1.807) is 38.1 Å². The molecule has 2 rings (SSSR count). The Labute approximate surface area is 209 Å².